The number of aryl methyl sites for hydroxylation is 1. The summed E-state index contributed by atoms with van der Waals surface area (Å²) < 4.78 is 5.56. The molecule has 0 saturated carbocycles. The number of benzene rings is 4. The molecule has 186 valence electrons. The minimum absolute atomic E-state index is 0.262. The smallest absolute Gasteiger partial charge is 0.262 e. The maximum Gasteiger partial charge on any atom is 0.262 e. The van der Waals surface area contributed by atoms with E-state index in [-0.39, 0.29) is 23.9 Å². The molecule has 37 heavy (non-hydrogen) atoms. The molecule has 4 aromatic carbocycles. The Balaban J connectivity index is 1.36. The Kier molecular flexibility index (Phi) is 8.23. The van der Waals surface area contributed by atoms with Gasteiger partial charge in [-0.1, -0.05) is 53.5 Å². The third-order valence-electron chi connectivity index (χ3n) is 5.46. The van der Waals surface area contributed by atoms with Gasteiger partial charge in [0.2, 0.25) is 0 Å². The zero-order valence-electron chi connectivity index (χ0n) is 19.8. The number of ketones is 1. The van der Waals surface area contributed by atoms with Crippen molar-refractivity contribution >= 4 is 52.2 Å². The Morgan fingerprint density at radius 1 is 0.730 bits per heavy atom. The fraction of sp³-hybridized carbons (Fsp3) is 0.0690. The molecule has 0 unspecified atom stereocenters. The molecular weight excluding hydrogens is 511 g/mol. The summed E-state index contributed by atoms with van der Waals surface area (Å²) in [5, 5.41) is 6.52. The largest absolute Gasteiger partial charge is 0.484 e. The van der Waals surface area contributed by atoms with Crippen LogP contribution in [0.5, 0.6) is 5.75 Å². The molecule has 4 rings (SSSR count). The second-order valence-electron chi connectivity index (χ2n) is 8.16. The average Bonchev–Trinajstić information content (AvgIpc) is 2.90. The van der Waals surface area contributed by atoms with Crippen LogP contribution < -0.4 is 15.4 Å². The monoisotopic (exact) mass is 532 g/mol. The van der Waals surface area contributed by atoms with Crippen molar-refractivity contribution in [1.29, 1.82) is 0 Å². The van der Waals surface area contributed by atoms with E-state index in [1.54, 1.807) is 78.9 Å². The van der Waals surface area contributed by atoms with E-state index in [0.717, 1.165) is 5.56 Å². The molecule has 0 aliphatic rings. The minimum atomic E-state index is -0.454. The first-order valence-electron chi connectivity index (χ1n) is 11.3. The Bertz CT molecular complexity index is 1450. The van der Waals surface area contributed by atoms with Crippen molar-refractivity contribution in [2.24, 2.45) is 0 Å². The summed E-state index contributed by atoms with van der Waals surface area (Å²) in [4.78, 5) is 38.1. The van der Waals surface area contributed by atoms with Gasteiger partial charge in [0.1, 0.15) is 5.75 Å². The normalized spacial score (nSPS) is 10.5. The number of amides is 2. The third-order valence-corrected chi connectivity index (χ3v) is 5.93. The number of carbonyl (C=O) groups excluding carboxylic acids is 3. The summed E-state index contributed by atoms with van der Waals surface area (Å²) in [5.74, 6) is -0.592. The Labute approximate surface area is 224 Å². The van der Waals surface area contributed by atoms with Crippen LogP contribution in [0, 0.1) is 6.92 Å². The van der Waals surface area contributed by atoms with Gasteiger partial charge in [0.05, 0.1) is 5.69 Å². The lowest BCUT2D eigenvalue weighted by Gasteiger charge is -2.12. The molecule has 4 aromatic rings. The molecule has 2 N–H and O–H groups in total. The van der Waals surface area contributed by atoms with Crippen molar-refractivity contribution in [3.8, 4) is 5.75 Å². The molecule has 0 bridgehead atoms. The molecule has 0 spiro atoms. The zero-order valence-corrected chi connectivity index (χ0v) is 21.3. The van der Waals surface area contributed by atoms with E-state index in [9.17, 15) is 14.4 Å². The van der Waals surface area contributed by atoms with Crippen LogP contribution >= 0.6 is 23.2 Å². The van der Waals surface area contributed by atoms with Crippen LogP contribution in [0.1, 0.15) is 31.8 Å². The van der Waals surface area contributed by atoms with Gasteiger partial charge in [-0.25, -0.2) is 0 Å². The van der Waals surface area contributed by atoms with Gasteiger partial charge in [-0.2, -0.15) is 0 Å². The van der Waals surface area contributed by atoms with E-state index in [4.69, 9.17) is 27.9 Å². The molecular formula is C29H22Cl2N2O4. The second-order valence-corrected chi connectivity index (χ2v) is 9.03. The number of anilines is 2. The van der Waals surface area contributed by atoms with E-state index < -0.39 is 5.91 Å². The Morgan fingerprint density at radius 2 is 1.38 bits per heavy atom. The van der Waals surface area contributed by atoms with Crippen LogP contribution in [0.2, 0.25) is 10.0 Å². The molecule has 2 amide bonds. The highest BCUT2D eigenvalue weighted by molar-refractivity contribution is 6.31. The van der Waals surface area contributed by atoms with Crippen molar-refractivity contribution in [3.63, 3.8) is 0 Å². The summed E-state index contributed by atoms with van der Waals surface area (Å²) in [6.07, 6.45) is 0. The highest BCUT2D eigenvalue weighted by atomic mass is 35.5. The lowest BCUT2D eigenvalue weighted by molar-refractivity contribution is -0.118. The molecule has 0 heterocycles. The quantitative estimate of drug-likeness (QED) is 0.244. The number of carbonyl (C=O) groups is 3. The number of nitrogens with one attached hydrogen (secondary N) is 2. The standard InChI is InChI=1S/C29H22Cl2N2O4/c1-18-15-21(30)9-13-25(18)33-29(36)20-7-11-23(12-8-20)37-17-27(34)32-26-14-10-22(31)16-24(26)28(35)19-5-3-2-4-6-19/h2-16H,17H2,1H3,(H,32,34)(H,33,36). The van der Waals surface area contributed by atoms with Gasteiger partial charge in [-0.3, -0.25) is 14.4 Å². The van der Waals surface area contributed by atoms with Gasteiger partial charge in [-0.15, -0.1) is 0 Å². The van der Waals surface area contributed by atoms with Crippen molar-refractivity contribution in [1.82, 2.24) is 0 Å². The predicted molar refractivity (Wildman–Crippen MR) is 146 cm³/mol. The number of halogens is 2. The first kappa shape index (κ1) is 25.9. The second kappa shape index (κ2) is 11.7. The van der Waals surface area contributed by atoms with Crippen molar-refractivity contribution in [2.45, 2.75) is 6.92 Å². The van der Waals surface area contributed by atoms with Gasteiger partial charge < -0.3 is 15.4 Å². The summed E-state index contributed by atoms with van der Waals surface area (Å²) in [7, 11) is 0. The first-order valence-corrected chi connectivity index (χ1v) is 12.1. The molecule has 0 atom stereocenters. The van der Waals surface area contributed by atoms with E-state index in [1.165, 1.54) is 6.07 Å². The first-order chi connectivity index (χ1) is 17.8. The number of hydrogen-bond donors (Lipinski definition) is 2. The van der Waals surface area contributed by atoms with Crippen LogP contribution in [0.15, 0.2) is 91.0 Å². The summed E-state index contributed by atoms with van der Waals surface area (Å²) >= 11 is 12.1. The maximum absolute atomic E-state index is 12.9. The SMILES string of the molecule is Cc1cc(Cl)ccc1NC(=O)c1ccc(OCC(=O)Nc2ccc(Cl)cc2C(=O)c2ccccc2)cc1. The van der Waals surface area contributed by atoms with Gasteiger partial charge >= 0.3 is 0 Å². The average molecular weight is 533 g/mol. The van der Waals surface area contributed by atoms with Crippen LogP contribution in [-0.4, -0.2) is 24.2 Å². The van der Waals surface area contributed by atoms with Crippen molar-refractivity contribution in [2.75, 3.05) is 17.2 Å². The van der Waals surface area contributed by atoms with Gasteiger partial charge in [0.25, 0.3) is 11.8 Å². The summed E-state index contributed by atoms with van der Waals surface area (Å²) in [6, 6.07) is 25.0. The van der Waals surface area contributed by atoms with Crippen LogP contribution in [-0.2, 0) is 4.79 Å². The van der Waals surface area contributed by atoms with E-state index in [0.29, 0.717) is 38.3 Å². The van der Waals surface area contributed by atoms with Gasteiger partial charge in [0, 0.05) is 32.4 Å². The summed E-state index contributed by atoms with van der Waals surface area (Å²) in [5.41, 5.74) is 3.03. The Hall–Kier alpha value is -4.13. The minimum Gasteiger partial charge on any atom is -0.484 e. The lowest BCUT2D eigenvalue weighted by Crippen LogP contribution is -2.21. The topological polar surface area (TPSA) is 84.5 Å². The molecule has 0 aliphatic heterocycles. The van der Waals surface area contributed by atoms with Crippen molar-refractivity contribution in [3.05, 3.63) is 123 Å². The number of ether oxygens (including phenoxy) is 1. The molecule has 6 nitrogen and oxygen atoms in total. The third kappa shape index (κ3) is 6.76. The fourth-order valence-corrected chi connectivity index (χ4v) is 3.96. The fourth-order valence-electron chi connectivity index (χ4n) is 3.56. The highest BCUT2D eigenvalue weighted by Gasteiger charge is 2.16. The lowest BCUT2D eigenvalue weighted by atomic mass is 10.0. The van der Waals surface area contributed by atoms with E-state index in [1.807, 2.05) is 13.0 Å². The molecule has 0 fully saturated rings. The van der Waals surface area contributed by atoms with Gasteiger partial charge in [0.15, 0.2) is 12.4 Å². The van der Waals surface area contributed by atoms with Crippen LogP contribution in [0.3, 0.4) is 0 Å². The molecule has 0 aromatic heterocycles. The van der Waals surface area contributed by atoms with Gasteiger partial charge in [-0.05, 0) is 73.2 Å². The Morgan fingerprint density at radius 3 is 2.05 bits per heavy atom. The molecule has 0 saturated heterocycles. The maximum atomic E-state index is 12.9. The molecule has 0 aliphatic carbocycles. The number of rotatable bonds is 8. The summed E-state index contributed by atoms with van der Waals surface area (Å²) in [6.45, 7) is 1.56. The van der Waals surface area contributed by atoms with E-state index >= 15 is 0 Å². The zero-order chi connectivity index (χ0) is 26.4. The molecule has 8 heteroatoms. The number of hydrogen-bond acceptors (Lipinski definition) is 4. The van der Waals surface area contributed by atoms with Crippen LogP contribution in [0.4, 0.5) is 11.4 Å². The van der Waals surface area contributed by atoms with E-state index in [2.05, 4.69) is 10.6 Å². The van der Waals surface area contributed by atoms with Crippen molar-refractivity contribution < 1.29 is 19.1 Å². The highest BCUT2D eigenvalue weighted by Crippen LogP contribution is 2.24. The predicted octanol–water partition coefficient (Wildman–Crippen LogP) is 6.80. The molecule has 0 radical (unpaired) electrons. The van der Waals surface area contributed by atoms with Crippen LogP contribution in [0.25, 0.3) is 0 Å².